The Morgan fingerprint density at radius 3 is 2.58 bits per heavy atom. The first kappa shape index (κ1) is 16.0. The van der Waals surface area contributed by atoms with E-state index in [9.17, 15) is 4.79 Å². The molecule has 0 heterocycles. The third kappa shape index (κ3) is 7.85. The van der Waals surface area contributed by atoms with Gasteiger partial charge in [0.1, 0.15) is 0 Å². The van der Waals surface area contributed by atoms with Crippen LogP contribution in [0, 0.1) is 0 Å². The molecular formula is C15H21ClO3. The first-order valence-corrected chi connectivity index (χ1v) is 7.08. The zero-order valence-electron chi connectivity index (χ0n) is 11.4. The van der Waals surface area contributed by atoms with Gasteiger partial charge in [0.05, 0.1) is 13.2 Å². The third-order valence-corrected chi connectivity index (χ3v) is 2.91. The molecule has 0 fully saturated rings. The lowest BCUT2D eigenvalue weighted by molar-refractivity contribution is -0.143. The lowest BCUT2D eigenvalue weighted by atomic mass is 10.2. The van der Waals surface area contributed by atoms with Crippen molar-refractivity contribution in [2.24, 2.45) is 0 Å². The van der Waals surface area contributed by atoms with E-state index in [1.54, 1.807) is 0 Å². The molecule has 19 heavy (non-hydrogen) atoms. The number of hydrogen-bond donors (Lipinski definition) is 0. The minimum absolute atomic E-state index is 0.107. The van der Waals surface area contributed by atoms with Gasteiger partial charge in [-0.3, -0.25) is 4.79 Å². The van der Waals surface area contributed by atoms with Crippen LogP contribution in [0.4, 0.5) is 0 Å². The zero-order chi connectivity index (χ0) is 13.9. The molecule has 0 bridgehead atoms. The van der Waals surface area contributed by atoms with Gasteiger partial charge >= 0.3 is 5.97 Å². The second kappa shape index (κ2) is 9.82. The number of halogens is 1. The van der Waals surface area contributed by atoms with E-state index in [2.05, 4.69) is 0 Å². The topological polar surface area (TPSA) is 35.5 Å². The highest BCUT2D eigenvalue weighted by Gasteiger charge is 2.00. The number of esters is 1. The fourth-order valence-electron chi connectivity index (χ4n) is 1.65. The monoisotopic (exact) mass is 284 g/mol. The molecule has 0 unspecified atom stereocenters. The SMILES string of the molecule is CCOC(=O)CCCCCOCc1ccc(Cl)cc1. The molecule has 1 aromatic rings. The summed E-state index contributed by atoms with van der Waals surface area (Å²) in [4.78, 5) is 11.1. The average Bonchev–Trinajstić information content (AvgIpc) is 2.40. The highest BCUT2D eigenvalue weighted by Crippen LogP contribution is 2.10. The molecule has 0 aliphatic carbocycles. The number of ether oxygens (including phenoxy) is 2. The Labute approximate surface area is 119 Å². The van der Waals surface area contributed by atoms with E-state index in [1.165, 1.54) is 0 Å². The predicted octanol–water partition coefficient (Wildman–Crippen LogP) is 3.98. The molecular weight excluding hydrogens is 264 g/mol. The Bertz CT molecular complexity index is 362. The fraction of sp³-hybridized carbons (Fsp3) is 0.533. The summed E-state index contributed by atoms with van der Waals surface area (Å²) in [5.74, 6) is -0.107. The average molecular weight is 285 g/mol. The van der Waals surface area contributed by atoms with E-state index in [0.29, 0.717) is 26.2 Å². The first-order valence-electron chi connectivity index (χ1n) is 6.70. The maximum Gasteiger partial charge on any atom is 0.305 e. The van der Waals surface area contributed by atoms with Crippen LogP contribution in [-0.4, -0.2) is 19.2 Å². The van der Waals surface area contributed by atoms with Crippen LogP contribution in [0.1, 0.15) is 38.2 Å². The number of unbranched alkanes of at least 4 members (excludes halogenated alkanes) is 2. The molecule has 0 aromatic heterocycles. The summed E-state index contributed by atoms with van der Waals surface area (Å²) in [5, 5.41) is 0.739. The van der Waals surface area contributed by atoms with Crippen LogP contribution >= 0.6 is 11.6 Å². The maximum atomic E-state index is 11.1. The van der Waals surface area contributed by atoms with Crippen LogP contribution in [-0.2, 0) is 20.9 Å². The Hall–Kier alpha value is -1.06. The smallest absolute Gasteiger partial charge is 0.305 e. The Balaban J connectivity index is 1.96. The molecule has 0 amide bonds. The van der Waals surface area contributed by atoms with Crippen molar-refractivity contribution in [1.29, 1.82) is 0 Å². The molecule has 0 atom stereocenters. The van der Waals surface area contributed by atoms with E-state index < -0.39 is 0 Å². The van der Waals surface area contributed by atoms with Crippen LogP contribution in [0.15, 0.2) is 24.3 Å². The summed E-state index contributed by atoms with van der Waals surface area (Å²) in [7, 11) is 0. The van der Waals surface area contributed by atoms with Crippen LogP contribution < -0.4 is 0 Å². The van der Waals surface area contributed by atoms with Crippen LogP contribution in [0.2, 0.25) is 5.02 Å². The minimum atomic E-state index is -0.107. The van der Waals surface area contributed by atoms with Crippen molar-refractivity contribution in [1.82, 2.24) is 0 Å². The maximum absolute atomic E-state index is 11.1. The first-order chi connectivity index (χ1) is 9.22. The number of hydrogen-bond acceptors (Lipinski definition) is 3. The zero-order valence-corrected chi connectivity index (χ0v) is 12.1. The molecule has 0 aliphatic rings. The lowest BCUT2D eigenvalue weighted by Crippen LogP contribution is -2.03. The van der Waals surface area contributed by atoms with Crippen LogP contribution in [0.5, 0.6) is 0 Å². The normalized spacial score (nSPS) is 10.4. The summed E-state index contributed by atoms with van der Waals surface area (Å²) in [6, 6.07) is 7.64. The van der Waals surface area contributed by atoms with Crippen molar-refractivity contribution in [3.8, 4) is 0 Å². The molecule has 106 valence electrons. The predicted molar refractivity (Wildman–Crippen MR) is 76.2 cm³/mol. The van der Waals surface area contributed by atoms with E-state index >= 15 is 0 Å². The molecule has 4 heteroatoms. The molecule has 0 radical (unpaired) electrons. The number of benzene rings is 1. The van der Waals surface area contributed by atoms with Crippen molar-refractivity contribution in [3.05, 3.63) is 34.9 Å². The van der Waals surface area contributed by atoms with Gasteiger partial charge in [-0.15, -0.1) is 0 Å². The standard InChI is InChI=1S/C15H21ClO3/c1-2-19-15(17)6-4-3-5-11-18-12-13-7-9-14(16)10-8-13/h7-10H,2-6,11-12H2,1H3. The number of carbonyl (C=O) groups is 1. The summed E-state index contributed by atoms with van der Waals surface area (Å²) in [6.07, 6.45) is 3.32. The number of rotatable bonds is 9. The largest absolute Gasteiger partial charge is 0.466 e. The summed E-state index contributed by atoms with van der Waals surface area (Å²) >= 11 is 5.80. The Kier molecular flexibility index (Phi) is 8.26. The van der Waals surface area contributed by atoms with Gasteiger partial charge in [-0.1, -0.05) is 30.2 Å². The molecule has 3 nitrogen and oxygen atoms in total. The lowest BCUT2D eigenvalue weighted by Gasteiger charge is -2.05. The van der Waals surface area contributed by atoms with Gasteiger partial charge in [-0.2, -0.15) is 0 Å². The summed E-state index contributed by atoms with van der Waals surface area (Å²) < 4.78 is 10.4. The van der Waals surface area contributed by atoms with Gasteiger partial charge in [-0.25, -0.2) is 0 Å². The van der Waals surface area contributed by atoms with Gasteiger partial charge in [-0.05, 0) is 37.5 Å². The van der Waals surface area contributed by atoms with Gasteiger partial charge in [0.2, 0.25) is 0 Å². The highest BCUT2D eigenvalue weighted by atomic mass is 35.5. The van der Waals surface area contributed by atoms with Gasteiger partial charge in [0, 0.05) is 18.1 Å². The van der Waals surface area contributed by atoms with Crippen LogP contribution in [0.25, 0.3) is 0 Å². The van der Waals surface area contributed by atoms with Crippen LogP contribution in [0.3, 0.4) is 0 Å². The van der Waals surface area contributed by atoms with Crippen molar-refractivity contribution < 1.29 is 14.3 Å². The fourth-order valence-corrected chi connectivity index (χ4v) is 1.78. The van der Waals surface area contributed by atoms with Gasteiger partial charge in [0.15, 0.2) is 0 Å². The molecule has 0 saturated heterocycles. The molecule has 0 aliphatic heterocycles. The molecule has 0 N–H and O–H groups in total. The van der Waals surface area contributed by atoms with E-state index in [-0.39, 0.29) is 5.97 Å². The third-order valence-electron chi connectivity index (χ3n) is 2.66. The second-order valence-electron chi connectivity index (χ2n) is 4.29. The van der Waals surface area contributed by atoms with E-state index in [1.807, 2.05) is 31.2 Å². The van der Waals surface area contributed by atoms with E-state index in [0.717, 1.165) is 29.8 Å². The minimum Gasteiger partial charge on any atom is -0.466 e. The second-order valence-corrected chi connectivity index (χ2v) is 4.73. The van der Waals surface area contributed by atoms with E-state index in [4.69, 9.17) is 21.1 Å². The van der Waals surface area contributed by atoms with Crippen molar-refractivity contribution in [3.63, 3.8) is 0 Å². The molecule has 1 aromatic carbocycles. The van der Waals surface area contributed by atoms with Crippen molar-refractivity contribution >= 4 is 17.6 Å². The van der Waals surface area contributed by atoms with Crippen molar-refractivity contribution in [2.75, 3.05) is 13.2 Å². The van der Waals surface area contributed by atoms with Gasteiger partial charge in [0.25, 0.3) is 0 Å². The van der Waals surface area contributed by atoms with Gasteiger partial charge < -0.3 is 9.47 Å². The molecule has 0 saturated carbocycles. The van der Waals surface area contributed by atoms with Crippen molar-refractivity contribution in [2.45, 2.75) is 39.2 Å². The Morgan fingerprint density at radius 2 is 1.89 bits per heavy atom. The summed E-state index contributed by atoms with van der Waals surface area (Å²) in [5.41, 5.74) is 1.12. The highest BCUT2D eigenvalue weighted by molar-refractivity contribution is 6.30. The Morgan fingerprint density at radius 1 is 1.16 bits per heavy atom. The quantitative estimate of drug-likeness (QED) is 0.508. The molecule has 0 spiro atoms. The molecule has 1 rings (SSSR count). The number of carbonyl (C=O) groups excluding carboxylic acids is 1. The summed E-state index contributed by atoms with van der Waals surface area (Å²) in [6.45, 7) is 3.60.